The summed E-state index contributed by atoms with van der Waals surface area (Å²) in [6.07, 6.45) is 3.27. The van der Waals surface area contributed by atoms with Crippen LogP contribution in [0.5, 0.6) is 11.5 Å². The summed E-state index contributed by atoms with van der Waals surface area (Å²) < 4.78 is 23.1. The number of aromatic nitrogens is 4. The van der Waals surface area contributed by atoms with Crippen LogP contribution in [0.15, 0.2) is 23.6 Å². The van der Waals surface area contributed by atoms with Crippen LogP contribution in [0.2, 0.25) is 0 Å². The molecule has 0 amide bonds. The average molecular weight is 368 g/mol. The maximum Gasteiger partial charge on any atom is 1.00 e. The Balaban J connectivity index is 0.00000225. The topological polar surface area (TPSA) is 88.3 Å². The van der Waals surface area contributed by atoms with Gasteiger partial charge in [0.15, 0.2) is 0 Å². The SMILES string of the molecule is COc1cnc2[n-]c(S(=O)Cc3ncc(C)c(OC)c3C)nc2c1.[Na+]. The number of ether oxygens (including phenoxy) is 2. The van der Waals surface area contributed by atoms with Gasteiger partial charge in [-0.2, -0.15) is 0 Å². The molecule has 126 valence electrons. The third kappa shape index (κ3) is 4.03. The predicted octanol–water partition coefficient (Wildman–Crippen LogP) is -1.07. The fraction of sp³-hybridized carbons (Fsp3) is 0.312. The van der Waals surface area contributed by atoms with Gasteiger partial charge in [0.25, 0.3) is 0 Å². The zero-order chi connectivity index (χ0) is 17.3. The second-order valence-electron chi connectivity index (χ2n) is 5.26. The Labute approximate surface area is 170 Å². The fourth-order valence-corrected chi connectivity index (χ4v) is 3.49. The summed E-state index contributed by atoms with van der Waals surface area (Å²) in [5.41, 5.74) is 3.53. The first-order chi connectivity index (χ1) is 11.5. The molecular formula is C16H17N4NaO3S. The smallest absolute Gasteiger partial charge is 0.497 e. The average Bonchev–Trinajstić information content (AvgIpc) is 3.01. The van der Waals surface area contributed by atoms with E-state index >= 15 is 0 Å². The van der Waals surface area contributed by atoms with Crippen molar-refractivity contribution in [2.24, 2.45) is 0 Å². The van der Waals surface area contributed by atoms with E-state index in [1.54, 1.807) is 32.7 Å². The zero-order valence-electron chi connectivity index (χ0n) is 14.9. The third-order valence-electron chi connectivity index (χ3n) is 3.70. The number of fused-ring (bicyclic) bond motifs is 1. The van der Waals surface area contributed by atoms with Gasteiger partial charge in [0, 0.05) is 28.5 Å². The number of hydrogen-bond acceptors (Lipinski definition) is 6. The van der Waals surface area contributed by atoms with Crippen molar-refractivity contribution >= 4 is 22.0 Å². The molecule has 0 aliphatic heterocycles. The Morgan fingerprint density at radius 2 is 1.92 bits per heavy atom. The molecule has 0 aromatic carbocycles. The minimum atomic E-state index is -1.42. The van der Waals surface area contributed by atoms with Crippen molar-refractivity contribution in [1.29, 1.82) is 0 Å². The Morgan fingerprint density at radius 1 is 1.16 bits per heavy atom. The minimum absolute atomic E-state index is 0. The van der Waals surface area contributed by atoms with E-state index in [9.17, 15) is 4.21 Å². The van der Waals surface area contributed by atoms with Gasteiger partial charge in [-0.25, -0.2) is 0 Å². The molecule has 0 spiro atoms. The molecule has 3 rings (SSSR count). The van der Waals surface area contributed by atoms with Crippen LogP contribution in [-0.4, -0.2) is 33.4 Å². The minimum Gasteiger partial charge on any atom is -0.497 e. The molecule has 0 saturated heterocycles. The van der Waals surface area contributed by atoms with Crippen LogP contribution in [0.25, 0.3) is 11.2 Å². The van der Waals surface area contributed by atoms with Crippen LogP contribution in [0.3, 0.4) is 0 Å². The van der Waals surface area contributed by atoms with E-state index < -0.39 is 10.8 Å². The van der Waals surface area contributed by atoms with E-state index in [0.29, 0.717) is 22.6 Å². The van der Waals surface area contributed by atoms with Gasteiger partial charge in [-0.05, 0) is 26.1 Å². The van der Waals surface area contributed by atoms with Gasteiger partial charge >= 0.3 is 29.6 Å². The molecule has 0 fully saturated rings. The maximum absolute atomic E-state index is 12.6. The van der Waals surface area contributed by atoms with Gasteiger partial charge in [-0.15, -0.1) is 0 Å². The molecule has 7 nitrogen and oxygen atoms in total. The quantitative estimate of drug-likeness (QED) is 0.530. The molecule has 0 aliphatic carbocycles. The van der Waals surface area contributed by atoms with E-state index in [1.807, 2.05) is 13.8 Å². The molecule has 3 aromatic heterocycles. The Bertz CT molecular complexity index is 929. The van der Waals surface area contributed by atoms with Crippen LogP contribution >= 0.6 is 0 Å². The van der Waals surface area contributed by atoms with Crippen LogP contribution in [0, 0.1) is 13.8 Å². The van der Waals surface area contributed by atoms with Crippen LogP contribution < -0.4 is 44.0 Å². The van der Waals surface area contributed by atoms with E-state index in [2.05, 4.69) is 19.9 Å². The van der Waals surface area contributed by atoms with Crippen molar-refractivity contribution in [3.05, 3.63) is 35.3 Å². The Hall–Kier alpha value is -1.48. The van der Waals surface area contributed by atoms with E-state index in [1.165, 1.54) is 0 Å². The second kappa shape index (κ2) is 8.27. The van der Waals surface area contributed by atoms with Crippen molar-refractivity contribution in [2.75, 3.05) is 14.2 Å². The van der Waals surface area contributed by atoms with E-state index in [-0.39, 0.29) is 40.5 Å². The Kier molecular flexibility index (Phi) is 6.56. The summed E-state index contributed by atoms with van der Waals surface area (Å²) in [5, 5.41) is 0.242. The maximum atomic E-state index is 12.6. The van der Waals surface area contributed by atoms with E-state index in [4.69, 9.17) is 9.47 Å². The van der Waals surface area contributed by atoms with Crippen molar-refractivity contribution in [3.8, 4) is 11.5 Å². The monoisotopic (exact) mass is 368 g/mol. The molecule has 1 unspecified atom stereocenters. The van der Waals surface area contributed by atoms with Gasteiger partial charge in [0.1, 0.15) is 11.5 Å². The van der Waals surface area contributed by atoms with E-state index in [0.717, 1.165) is 16.9 Å². The third-order valence-corrected chi connectivity index (χ3v) is 4.82. The molecule has 0 bridgehead atoms. The van der Waals surface area contributed by atoms with Crippen molar-refractivity contribution in [3.63, 3.8) is 0 Å². The number of hydrogen-bond donors (Lipinski definition) is 0. The zero-order valence-corrected chi connectivity index (χ0v) is 17.7. The van der Waals surface area contributed by atoms with Gasteiger partial charge in [-0.1, -0.05) is 0 Å². The summed E-state index contributed by atoms with van der Waals surface area (Å²) in [5.74, 6) is 1.56. The molecule has 25 heavy (non-hydrogen) atoms. The summed E-state index contributed by atoms with van der Waals surface area (Å²) >= 11 is 0. The number of imidazole rings is 1. The first-order valence-electron chi connectivity index (χ1n) is 7.25. The summed E-state index contributed by atoms with van der Waals surface area (Å²) in [7, 11) is 1.74. The molecule has 3 aromatic rings. The molecule has 3 heterocycles. The molecular weight excluding hydrogens is 351 g/mol. The van der Waals surface area contributed by atoms with Gasteiger partial charge < -0.3 is 24.4 Å². The first-order valence-corrected chi connectivity index (χ1v) is 8.57. The molecule has 0 radical (unpaired) electrons. The standard InChI is InChI=1S/C16H17N4O3S.Na/c1-9-6-17-13(10(2)14(9)23-4)8-24(21)16-19-12-5-11(22-3)7-18-15(12)20-16;/h5-7H,8H2,1-4H3;/q-1;+1. The molecule has 0 N–H and O–H groups in total. The van der Waals surface area contributed by atoms with Crippen LogP contribution in [-0.2, 0) is 16.6 Å². The number of rotatable bonds is 5. The Morgan fingerprint density at radius 3 is 2.60 bits per heavy atom. The molecule has 9 heteroatoms. The van der Waals surface area contributed by atoms with Crippen molar-refractivity contribution in [2.45, 2.75) is 24.8 Å². The summed E-state index contributed by atoms with van der Waals surface area (Å²) in [6.45, 7) is 3.83. The number of methoxy groups -OCH3 is 2. The number of pyridine rings is 2. The summed E-state index contributed by atoms with van der Waals surface area (Å²) in [6, 6.07) is 1.72. The van der Waals surface area contributed by atoms with Gasteiger partial charge in [-0.3, -0.25) is 9.19 Å². The van der Waals surface area contributed by atoms with Gasteiger partial charge in [0.05, 0.1) is 41.6 Å². The molecule has 0 aliphatic rings. The van der Waals surface area contributed by atoms with Crippen LogP contribution in [0.1, 0.15) is 16.8 Å². The molecule has 0 saturated carbocycles. The second-order valence-corrected chi connectivity index (χ2v) is 6.60. The predicted molar refractivity (Wildman–Crippen MR) is 89.8 cm³/mol. The largest absolute Gasteiger partial charge is 1.00 e. The number of nitrogens with zero attached hydrogens (tertiary/aromatic N) is 4. The first kappa shape index (κ1) is 19.8. The van der Waals surface area contributed by atoms with Crippen molar-refractivity contribution < 1.29 is 43.2 Å². The number of aryl methyl sites for hydroxylation is 1. The normalized spacial score (nSPS) is 11.8. The molecule has 1 atom stereocenters. The fourth-order valence-electron chi connectivity index (χ4n) is 2.43. The van der Waals surface area contributed by atoms with Gasteiger partial charge in [0.2, 0.25) is 0 Å². The van der Waals surface area contributed by atoms with Crippen LogP contribution in [0.4, 0.5) is 0 Å². The summed E-state index contributed by atoms with van der Waals surface area (Å²) in [4.78, 5) is 17.1. The van der Waals surface area contributed by atoms with Crippen molar-refractivity contribution in [1.82, 2.24) is 19.9 Å².